The van der Waals surface area contributed by atoms with Gasteiger partial charge in [0.2, 0.25) is 0 Å². The van der Waals surface area contributed by atoms with Crippen LogP contribution in [0.3, 0.4) is 0 Å². The van der Waals surface area contributed by atoms with Crippen molar-refractivity contribution >= 4 is 22.4 Å². The second-order valence-corrected chi connectivity index (χ2v) is 3.91. The predicted molar refractivity (Wildman–Crippen MR) is 66.2 cm³/mol. The molecule has 84 valence electrons. The smallest absolute Gasteiger partial charge is 0.119 e. The van der Waals surface area contributed by atoms with Crippen molar-refractivity contribution in [1.29, 1.82) is 0 Å². The van der Waals surface area contributed by atoms with E-state index in [4.69, 9.17) is 16.3 Å². The van der Waals surface area contributed by atoms with Crippen molar-refractivity contribution in [3.63, 3.8) is 0 Å². The van der Waals surface area contributed by atoms with Gasteiger partial charge in [-0.15, -0.1) is 11.6 Å². The number of alkyl halides is 1. The normalized spacial score (nSPS) is 12.7. The number of rotatable bonds is 3. The molecule has 0 saturated carbocycles. The third kappa shape index (κ3) is 1.99. The highest BCUT2D eigenvalue weighted by Gasteiger charge is 2.09. The molecule has 0 heterocycles. The van der Waals surface area contributed by atoms with Crippen molar-refractivity contribution < 1.29 is 9.84 Å². The van der Waals surface area contributed by atoms with Crippen molar-refractivity contribution in [2.45, 2.75) is 6.10 Å². The number of aliphatic hydroxyl groups excluding tert-OH is 1. The molecule has 0 aromatic heterocycles. The van der Waals surface area contributed by atoms with E-state index in [1.165, 1.54) is 0 Å². The Kier molecular flexibility index (Phi) is 3.32. The zero-order valence-electron chi connectivity index (χ0n) is 8.98. The van der Waals surface area contributed by atoms with Crippen LogP contribution in [-0.2, 0) is 0 Å². The number of fused-ring (bicyclic) bond motifs is 1. The summed E-state index contributed by atoms with van der Waals surface area (Å²) < 4.78 is 5.16. The minimum atomic E-state index is -0.626. The molecular formula is C13H13ClO2. The van der Waals surface area contributed by atoms with E-state index >= 15 is 0 Å². The first-order chi connectivity index (χ1) is 7.76. The second kappa shape index (κ2) is 4.73. The lowest BCUT2D eigenvalue weighted by molar-refractivity contribution is 0.204. The molecule has 2 aromatic carbocycles. The summed E-state index contributed by atoms with van der Waals surface area (Å²) in [4.78, 5) is 0. The maximum atomic E-state index is 9.79. The van der Waals surface area contributed by atoms with E-state index in [0.29, 0.717) is 0 Å². The lowest BCUT2D eigenvalue weighted by atomic mass is 10.0. The van der Waals surface area contributed by atoms with Crippen molar-refractivity contribution in [2.24, 2.45) is 0 Å². The quantitative estimate of drug-likeness (QED) is 0.830. The van der Waals surface area contributed by atoms with Gasteiger partial charge in [-0.25, -0.2) is 0 Å². The lowest BCUT2D eigenvalue weighted by Gasteiger charge is -2.11. The van der Waals surface area contributed by atoms with Crippen LogP contribution in [0.25, 0.3) is 10.8 Å². The first-order valence-corrected chi connectivity index (χ1v) is 5.60. The molecule has 0 saturated heterocycles. The first-order valence-electron chi connectivity index (χ1n) is 5.07. The van der Waals surface area contributed by atoms with Crippen molar-refractivity contribution in [1.82, 2.24) is 0 Å². The fourth-order valence-corrected chi connectivity index (χ4v) is 1.95. The summed E-state index contributed by atoms with van der Waals surface area (Å²) in [6.07, 6.45) is -0.626. The van der Waals surface area contributed by atoms with Gasteiger partial charge in [0.15, 0.2) is 0 Å². The summed E-state index contributed by atoms with van der Waals surface area (Å²) >= 11 is 5.67. The molecule has 2 aromatic rings. The van der Waals surface area contributed by atoms with Gasteiger partial charge in [0.1, 0.15) is 5.75 Å². The van der Waals surface area contributed by atoms with Crippen molar-refractivity contribution in [2.75, 3.05) is 13.0 Å². The monoisotopic (exact) mass is 236 g/mol. The molecule has 1 unspecified atom stereocenters. The maximum absolute atomic E-state index is 9.79. The first kappa shape index (κ1) is 11.2. The van der Waals surface area contributed by atoms with Gasteiger partial charge in [-0.1, -0.05) is 24.3 Å². The molecule has 1 N–H and O–H groups in total. The average Bonchev–Trinajstić information content (AvgIpc) is 2.36. The van der Waals surface area contributed by atoms with Crippen LogP contribution in [0.5, 0.6) is 5.75 Å². The van der Waals surface area contributed by atoms with Gasteiger partial charge in [-0.05, 0) is 28.5 Å². The predicted octanol–water partition coefficient (Wildman–Crippen LogP) is 3.12. The number of halogens is 1. The second-order valence-electron chi connectivity index (χ2n) is 3.60. The number of ether oxygens (including phenoxy) is 1. The number of hydrogen-bond acceptors (Lipinski definition) is 2. The van der Waals surface area contributed by atoms with Gasteiger partial charge in [0.25, 0.3) is 0 Å². The Morgan fingerprint density at radius 3 is 2.81 bits per heavy atom. The Labute approximate surface area is 99.4 Å². The molecule has 2 nitrogen and oxygen atoms in total. The molecule has 1 atom stereocenters. The number of methoxy groups -OCH3 is 1. The average molecular weight is 237 g/mol. The SMILES string of the molecule is COc1ccc2c(C(O)CCl)cccc2c1. The highest BCUT2D eigenvalue weighted by Crippen LogP contribution is 2.27. The minimum Gasteiger partial charge on any atom is -0.497 e. The van der Waals surface area contributed by atoms with Crippen LogP contribution in [0.15, 0.2) is 36.4 Å². The maximum Gasteiger partial charge on any atom is 0.119 e. The van der Waals surface area contributed by atoms with Gasteiger partial charge < -0.3 is 9.84 Å². The van der Waals surface area contributed by atoms with E-state index in [-0.39, 0.29) is 5.88 Å². The molecule has 0 aliphatic carbocycles. The summed E-state index contributed by atoms with van der Waals surface area (Å²) in [5, 5.41) is 11.8. The Morgan fingerprint density at radius 1 is 1.31 bits per heavy atom. The van der Waals surface area contributed by atoms with Crippen molar-refractivity contribution in [3.8, 4) is 5.75 Å². The van der Waals surface area contributed by atoms with Gasteiger partial charge >= 0.3 is 0 Å². The van der Waals surface area contributed by atoms with Crippen LogP contribution < -0.4 is 4.74 Å². The molecular weight excluding hydrogens is 224 g/mol. The van der Waals surface area contributed by atoms with Crippen LogP contribution in [-0.4, -0.2) is 18.1 Å². The Hall–Kier alpha value is -1.25. The third-order valence-corrected chi connectivity index (χ3v) is 2.92. The molecule has 0 radical (unpaired) electrons. The number of benzene rings is 2. The molecule has 3 heteroatoms. The summed E-state index contributed by atoms with van der Waals surface area (Å²) in [6, 6.07) is 11.6. The summed E-state index contributed by atoms with van der Waals surface area (Å²) in [5.41, 5.74) is 0.857. The van der Waals surface area contributed by atoms with E-state index < -0.39 is 6.10 Å². The van der Waals surface area contributed by atoms with Gasteiger partial charge in [-0.2, -0.15) is 0 Å². The number of hydrogen-bond donors (Lipinski definition) is 1. The van der Waals surface area contributed by atoms with Crippen LogP contribution in [0.4, 0.5) is 0 Å². The van der Waals surface area contributed by atoms with Crippen LogP contribution in [0.2, 0.25) is 0 Å². The summed E-state index contributed by atoms with van der Waals surface area (Å²) in [5.74, 6) is 1.01. The summed E-state index contributed by atoms with van der Waals surface area (Å²) in [7, 11) is 1.64. The highest BCUT2D eigenvalue weighted by atomic mass is 35.5. The van der Waals surface area contributed by atoms with Gasteiger partial charge in [-0.3, -0.25) is 0 Å². The molecule has 0 aliphatic rings. The van der Waals surface area contributed by atoms with E-state index in [0.717, 1.165) is 22.1 Å². The highest BCUT2D eigenvalue weighted by molar-refractivity contribution is 6.18. The fraction of sp³-hybridized carbons (Fsp3) is 0.231. The fourth-order valence-electron chi connectivity index (χ4n) is 1.79. The zero-order chi connectivity index (χ0) is 11.5. The molecule has 0 amide bonds. The molecule has 0 fully saturated rings. The van der Waals surface area contributed by atoms with E-state index in [2.05, 4.69) is 0 Å². The largest absolute Gasteiger partial charge is 0.497 e. The number of aliphatic hydroxyl groups is 1. The summed E-state index contributed by atoms with van der Waals surface area (Å²) in [6.45, 7) is 0. The topological polar surface area (TPSA) is 29.5 Å². The van der Waals surface area contributed by atoms with E-state index in [1.54, 1.807) is 7.11 Å². The van der Waals surface area contributed by atoms with Gasteiger partial charge in [0, 0.05) is 0 Å². The van der Waals surface area contributed by atoms with Crippen LogP contribution in [0, 0.1) is 0 Å². The third-order valence-electron chi connectivity index (χ3n) is 2.63. The van der Waals surface area contributed by atoms with E-state index in [9.17, 15) is 5.11 Å². The zero-order valence-corrected chi connectivity index (χ0v) is 9.74. The Morgan fingerprint density at radius 2 is 2.12 bits per heavy atom. The molecule has 2 rings (SSSR count). The van der Waals surface area contributed by atoms with E-state index in [1.807, 2.05) is 36.4 Å². The lowest BCUT2D eigenvalue weighted by Crippen LogP contribution is -1.99. The Balaban J connectivity index is 2.60. The standard InChI is InChI=1S/C13H13ClO2/c1-16-10-5-6-11-9(7-10)3-2-4-12(11)13(15)8-14/h2-7,13,15H,8H2,1H3. The van der Waals surface area contributed by atoms with Crippen LogP contribution >= 0.6 is 11.6 Å². The molecule has 16 heavy (non-hydrogen) atoms. The Bertz CT molecular complexity index is 496. The molecule has 0 spiro atoms. The molecule has 0 aliphatic heterocycles. The minimum absolute atomic E-state index is 0.200. The van der Waals surface area contributed by atoms with Crippen LogP contribution in [0.1, 0.15) is 11.7 Å². The van der Waals surface area contributed by atoms with Gasteiger partial charge in [0.05, 0.1) is 19.1 Å². The molecule has 0 bridgehead atoms. The van der Waals surface area contributed by atoms with Crippen molar-refractivity contribution in [3.05, 3.63) is 42.0 Å².